The third-order valence-corrected chi connectivity index (χ3v) is 6.72. The van der Waals surface area contributed by atoms with Crippen LogP contribution in [0.15, 0.2) is 58.5 Å². The van der Waals surface area contributed by atoms with Crippen molar-refractivity contribution in [3.63, 3.8) is 0 Å². The van der Waals surface area contributed by atoms with Crippen molar-refractivity contribution in [2.24, 2.45) is 0 Å². The predicted octanol–water partition coefficient (Wildman–Crippen LogP) is 4.22. The lowest BCUT2D eigenvalue weighted by molar-refractivity contribution is -0.384. The van der Waals surface area contributed by atoms with Crippen molar-refractivity contribution >= 4 is 34.3 Å². The molecule has 1 unspecified atom stereocenters. The molecule has 1 aliphatic carbocycles. The molecule has 0 bridgehead atoms. The molecule has 1 heterocycles. The summed E-state index contributed by atoms with van der Waals surface area (Å²) in [4.78, 5) is 41.3. The SMILES string of the molecule is CC(Sc1nc2ccccc2c(=O)n1-c1ccc([N+](=O)[O-])cc1)C(=O)NC1CCCCC1. The molecule has 166 valence electrons. The Morgan fingerprint density at radius 2 is 1.84 bits per heavy atom. The molecule has 1 aliphatic rings. The number of nitrogens with one attached hydrogen (secondary N) is 1. The van der Waals surface area contributed by atoms with Gasteiger partial charge >= 0.3 is 0 Å². The topological polar surface area (TPSA) is 107 Å². The Bertz CT molecular complexity index is 1200. The Hall–Kier alpha value is -3.20. The molecular formula is C23H24N4O4S. The van der Waals surface area contributed by atoms with Gasteiger partial charge in [0.05, 0.1) is 26.8 Å². The highest BCUT2D eigenvalue weighted by atomic mass is 32.2. The summed E-state index contributed by atoms with van der Waals surface area (Å²) in [5, 5.41) is 14.5. The van der Waals surface area contributed by atoms with Crippen LogP contribution in [0, 0.1) is 10.1 Å². The number of carbonyl (C=O) groups excluding carboxylic acids is 1. The molecule has 0 aliphatic heterocycles. The number of para-hydroxylation sites is 1. The van der Waals surface area contributed by atoms with Crippen molar-refractivity contribution in [1.29, 1.82) is 0 Å². The summed E-state index contributed by atoms with van der Waals surface area (Å²) in [6.45, 7) is 1.80. The van der Waals surface area contributed by atoms with Crippen molar-refractivity contribution < 1.29 is 9.72 Å². The Labute approximate surface area is 189 Å². The van der Waals surface area contributed by atoms with E-state index in [1.807, 2.05) is 0 Å². The van der Waals surface area contributed by atoms with Gasteiger partial charge in [-0.2, -0.15) is 0 Å². The normalized spacial score (nSPS) is 15.4. The van der Waals surface area contributed by atoms with E-state index < -0.39 is 10.2 Å². The molecule has 0 saturated heterocycles. The molecule has 32 heavy (non-hydrogen) atoms. The molecule has 2 aromatic carbocycles. The Kier molecular flexibility index (Phi) is 6.55. The first-order valence-electron chi connectivity index (χ1n) is 10.7. The van der Waals surface area contributed by atoms with Gasteiger partial charge in [-0.15, -0.1) is 0 Å². The van der Waals surface area contributed by atoms with E-state index in [1.54, 1.807) is 31.2 Å². The molecule has 8 nitrogen and oxygen atoms in total. The largest absolute Gasteiger partial charge is 0.352 e. The summed E-state index contributed by atoms with van der Waals surface area (Å²) < 4.78 is 1.42. The number of benzene rings is 2. The van der Waals surface area contributed by atoms with Gasteiger partial charge in [0.25, 0.3) is 11.2 Å². The monoisotopic (exact) mass is 452 g/mol. The van der Waals surface area contributed by atoms with E-state index in [4.69, 9.17) is 0 Å². The lowest BCUT2D eigenvalue weighted by Gasteiger charge is -2.24. The van der Waals surface area contributed by atoms with Gasteiger partial charge in [-0.3, -0.25) is 24.3 Å². The van der Waals surface area contributed by atoms with Crippen molar-refractivity contribution in [3.05, 3.63) is 69.0 Å². The smallest absolute Gasteiger partial charge is 0.269 e. The van der Waals surface area contributed by atoms with Gasteiger partial charge in [0, 0.05) is 18.2 Å². The molecule has 1 saturated carbocycles. The number of nitro benzene ring substituents is 1. The summed E-state index contributed by atoms with van der Waals surface area (Å²) in [6.07, 6.45) is 5.44. The van der Waals surface area contributed by atoms with E-state index in [-0.39, 0.29) is 23.2 Å². The van der Waals surface area contributed by atoms with Crippen LogP contribution in [-0.2, 0) is 4.79 Å². The van der Waals surface area contributed by atoms with Gasteiger partial charge in [0.15, 0.2) is 5.16 Å². The molecule has 9 heteroatoms. The number of rotatable bonds is 6. The fourth-order valence-electron chi connectivity index (χ4n) is 3.92. The van der Waals surface area contributed by atoms with Crippen LogP contribution in [0.5, 0.6) is 0 Å². The number of fused-ring (bicyclic) bond motifs is 1. The second-order valence-electron chi connectivity index (χ2n) is 7.93. The zero-order valence-corrected chi connectivity index (χ0v) is 18.5. The third kappa shape index (κ3) is 4.67. The van der Waals surface area contributed by atoms with Gasteiger partial charge in [0.1, 0.15) is 0 Å². The molecular weight excluding hydrogens is 428 g/mol. The van der Waals surface area contributed by atoms with Crippen LogP contribution in [0.4, 0.5) is 5.69 Å². The molecule has 1 fully saturated rings. The minimum absolute atomic E-state index is 0.0648. The molecule has 1 aromatic heterocycles. The van der Waals surface area contributed by atoms with Gasteiger partial charge in [-0.25, -0.2) is 4.98 Å². The summed E-state index contributed by atoms with van der Waals surface area (Å²) >= 11 is 1.21. The highest BCUT2D eigenvalue weighted by Crippen LogP contribution is 2.27. The Morgan fingerprint density at radius 3 is 2.53 bits per heavy atom. The average Bonchev–Trinajstić information content (AvgIpc) is 2.80. The maximum Gasteiger partial charge on any atom is 0.269 e. The van der Waals surface area contributed by atoms with E-state index in [1.165, 1.54) is 47.0 Å². The molecule has 1 amide bonds. The minimum atomic E-state index is -0.488. The minimum Gasteiger partial charge on any atom is -0.352 e. The number of non-ortho nitro benzene ring substituents is 1. The average molecular weight is 453 g/mol. The number of aromatic nitrogens is 2. The number of amides is 1. The van der Waals surface area contributed by atoms with Crippen molar-refractivity contribution in [2.75, 3.05) is 0 Å². The fraction of sp³-hybridized carbons (Fsp3) is 0.348. The van der Waals surface area contributed by atoms with Crippen LogP contribution in [0.1, 0.15) is 39.0 Å². The molecule has 3 aromatic rings. The van der Waals surface area contributed by atoms with E-state index in [0.29, 0.717) is 21.7 Å². The first-order chi connectivity index (χ1) is 15.4. The maximum absolute atomic E-state index is 13.3. The first-order valence-corrected chi connectivity index (χ1v) is 11.6. The molecule has 0 spiro atoms. The zero-order chi connectivity index (χ0) is 22.7. The predicted molar refractivity (Wildman–Crippen MR) is 124 cm³/mol. The second kappa shape index (κ2) is 9.52. The summed E-state index contributed by atoms with van der Waals surface area (Å²) in [5.74, 6) is -0.0837. The second-order valence-corrected chi connectivity index (χ2v) is 9.24. The highest BCUT2D eigenvalue weighted by Gasteiger charge is 2.23. The van der Waals surface area contributed by atoms with Crippen LogP contribution in [0.2, 0.25) is 0 Å². The van der Waals surface area contributed by atoms with E-state index >= 15 is 0 Å². The molecule has 0 radical (unpaired) electrons. The standard InChI is InChI=1S/C23H24N4O4S/c1-15(21(28)24-16-7-3-2-4-8-16)32-23-25-20-10-6-5-9-19(20)22(29)26(23)17-11-13-18(14-12-17)27(30)31/h5-6,9-16H,2-4,7-8H2,1H3,(H,24,28). The quantitative estimate of drug-likeness (QED) is 0.260. The summed E-state index contributed by atoms with van der Waals surface area (Å²) in [6, 6.07) is 13.0. The van der Waals surface area contributed by atoms with Gasteiger partial charge in [0.2, 0.25) is 5.91 Å². The van der Waals surface area contributed by atoms with Crippen molar-refractivity contribution in [3.8, 4) is 5.69 Å². The number of nitrogens with zero attached hydrogens (tertiary/aromatic N) is 3. The highest BCUT2D eigenvalue weighted by molar-refractivity contribution is 8.00. The van der Waals surface area contributed by atoms with E-state index in [2.05, 4.69) is 10.3 Å². The van der Waals surface area contributed by atoms with E-state index in [0.717, 1.165) is 25.7 Å². The number of hydrogen-bond acceptors (Lipinski definition) is 6. The number of carbonyl (C=O) groups is 1. The molecule has 1 N–H and O–H groups in total. The Balaban J connectivity index is 1.69. The van der Waals surface area contributed by atoms with E-state index in [9.17, 15) is 19.7 Å². The Morgan fingerprint density at radius 1 is 1.16 bits per heavy atom. The van der Waals surface area contributed by atoms with Gasteiger partial charge in [-0.05, 0) is 44.0 Å². The maximum atomic E-state index is 13.3. The molecule has 4 rings (SSSR count). The van der Waals surface area contributed by atoms with Crippen LogP contribution in [0.25, 0.3) is 16.6 Å². The summed E-state index contributed by atoms with van der Waals surface area (Å²) in [7, 11) is 0. The van der Waals surface area contributed by atoms with Crippen molar-refractivity contribution in [1.82, 2.24) is 14.9 Å². The van der Waals surface area contributed by atoms with Gasteiger partial charge in [-0.1, -0.05) is 43.2 Å². The zero-order valence-electron chi connectivity index (χ0n) is 17.7. The first kappa shape index (κ1) is 22.0. The van der Waals surface area contributed by atoms with Gasteiger partial charge < -0.3 is 5.32 Å². The summed E-state index contributed by atoms with van der Waals surface area (Å²) in [5.41, 5.74) is 0.649. The van der Waals surface area contributed by atoms with Crippen molar-refractivity contribution in [2.45, 2.75) is 55.5 Å². The lowest BCUT2D eigenvalue weighted by atomic mass is 9.95. The van der Waals surface area contributed by atoms with Crippen LogP contribution in [-0.4, -0.2) is 31.7 Å². The number of thioether (sulfide) groups is 1. The fourth-order valence-corrected chi connectivity index (χ4v) is 4.86. The number of nitro groups is 1. The third-order valence-electron chi connectivity index (χ3n) is 5.67. The lowest BCUT2D eigenvalue weighted by Crippen LogP contribution is -2.40. The van der Waals surface area contributed by atoms with Crippen LogP contribution in [0.3, 0.4) is 0 Å². The van der Waals surface area contributed by atoms with Crippen LogP contribution >= 0.6 is 11.8 Å². The van der Waals surface area contributed by atoms with Crippen LogP contribution < -0.4 is 10.9 Å². The molecule has 1 atom stereocenters. The number of hydrogen-bond donors (Lipinski definition) is 1.